The molecule has 18 heavy (non-hydrogen) atoms. The van der Waals surface area contributed by atoms with Gasteiger partial charge in [0, 0.05) is 19.0 Å². The fourth-order valence-electron chi connectivity index (χ4n) is 2.56. The van der Waals surface area contributed by atoms with Gasteiger partial charge in [0.25, 0.3) is 0 Å². The lowest BCUT2D eigenvalue weighted by Gasteiger charge is -2.26. The molecule has 1 saturated carbocycles. The Hall–Kier alpha value is -0.570. The van der Waals surface area contributed by atoms with Gasteiger partial charge in [0.1, 0.15) is 0 Å². The van der Waals surface area contributed by atoms with Gasteiger partial charge in [-0.2, -0.15) is 0 Å². The van der Waals surface area contributed by atoms with Gasteiger partial charge in [-0.1, -0.05) is 46.5 Å². The molecule has 1 rings (SSSR count). The Bertz CT molecular complexity index is 245. The first-order chi connectivity index (χ1) is 8.49. The molecule has 0 aromatic heterocycles. The average molecular weight is 254 g/mol. The second kappa shape index (κ2) is 7.78. The number of nitrogens with two attached hydrogens (primary N) is 1. The molecule has 3 nitrogen and oxygen atoms in total. The molecule has 3 N–H and O–H groups in total. The standard InChI is InChI=1S/C15H30N2O/c1-11(2)14(16)10-15(18)17-9-8-13-6-4-12(3)5-7-13/h11-14H,4-10,16H2,1-3H3,(H,17,18). The number of rotatable bonds is 6. The third kappa shape index (κ3) is 5.85. The van der Waals surface area contributed by atoms with Crippen molar-refractivity contribution < 1.29 is 4.79 Å². The van der Waals surface area contributed by atoms with E-state index in [1.54, 1.807) is 0 Å². The number of hydrogen-bond donors (Lipinski definition) is 2. The maximum absolute atomic E-state index is 11.7. The van der Waals surface area contributed by atoms with Gasteiger partial charge in [0.05, 0.1) is 0 Å². The van der Waals surface area contributed by atoms with Gasteiger partial charge >= 0.3 is 0 Å². The smallest absolute Gasteiger partial charge is 0.221 e. The number of carbonyl (C=O) groups excluding carboxylic acids is 1. The minimum Gasteiger partial charge on any atom is -0.356 e. The SMILES string of the molecule is CC1CCC(CCNC(=O)CC(N)C(C)C)CC1. The number of amides is 1. The van der Waals surface area contributed by atoms with E-state index >= 15 is 0 Å². The van der Waals surface area contributed by atoms with Gasteiger partial charge in [-0.3, -0.25) is 4.79 Å². The van der Waals surface area contributed by atoms with Crippen molar-refractivity contribution in [1.29, 1.82) is 0 Å². The molecule has 1 atom stereocenters. The molecule has 3 heteroatoms. The highest BCUT2D eigenvalue weighted by Crippen LogP contribution is 2.29. The predicted octanol–water partition coefficient (Wildman–Crippen LogP) is 2.69. The number of carbonyl (C=O) groups is 1. The summed E-state index contributed by atoms with van der Waals surface area (Å²) in [6.45, 7) is 7.27. The lowest BCUT2D eigenvalue weighted by Crippen LogP contribution is -2.35. The van der Waals surface area contributed by atoms with Crippen LogP contribution in [0.5, 0.6) is 0 Å². The van der Waals surface area contributed by atoms with Crippen molar-refractivity contribution in [3.05, 3.63) is 0 Å². The van der Waals surface area contributed by atoms with Crippen LogP contribution >= 0.6 is 0 Å². The molecule has 1 aliphatic rings. The Kier molecular flexibility index (Phi) is 6.69. The minimum absolute atomic E-state index is 0.0134. The highest BCUT2D eigenvalue weighted by Gasteiger charge is 2.18. The molecule has 0 radical (unpaired) electrons. The van der Waals surface area contributed by atoms with Crippen LogP contribution in [-0.4, -0.2) is 18.5 Å². The highest BCUT2D eigenvalue weighted by molar-refractivity contribution is 5.76. The van der Waals surface area contributed by atoms with Crippen LogP contribution in [0, 0.1) is 17.8 Å². The molecule has 0 aromatic carbocycles. The van der Waals surface area contributed by atoms with Gasteiger partial charge in [-0.05, 0) is 24.2 Å². The summed E-state index contributed by atoms with van der Waals surface area (Å²) in [5, 5.41) is 3.01. The van der Waals surface area contributed by atoms with E-state index in [2.05, 4.69) is 26.1 Å². The van der Waals surface area contributed by atoms with Gasteiger partial charge in [0.15, 0.2) is 0 Å². The largest absolute Gasteiger partial charge is 0.356 e. The van der Waals surface area contributed by atoms with Crippen LogP contribution in [0.1, 0.15) is 59.3 Å². The second-order valence-corrected chi connectivity index (χ2v) is 6.38. The summed E-state index contributed by atoms with van der Waals surface area (Å²) in [4.78, 5) is 11.7. The Morgan fingerprint density at radius 3 is 2.44 bits per heavy atom. The zero-order chi connectivity index (χ0) is 13.5. The molecule has 1 fully saturated rings. The maximum atomic E-state index is 11.7. The second-order valence-electron chi connectivity index (χ2n) is 6.38. The Balaban J connectivity index is 2.08. The molecule has 1 unspecified atom stereocenters. The van der Waals surface area contributed by atoms with Crippen molar-refractivity contribution in [3.63, 3.8) is 0 Å². The first-order valence-electron chi connectivity index (χ1n) is 7.51. The summed E-state index contributed by atoms with van der Waals surface area (Å²) in [5.74, 6) is 2.20. The molecule has 0 heterocycles. The third-order valence-electron chi connectivity index (χ3n) is 4.29. The van der Waals surface area contributed by atoms with E-state index in [0.717, 1.165) is 24.8 Å². The van der Waals surface area contributed by atoms with Crippen molar-refractivity contribution >= 4 is 5.91 Å². The van der Waals surface area contributed by atoms with E-state index in [4.69, 9.17) is 5.73 Å². The predicted molar refractivity (Wildman–Crippen MR) is 76.2 cm³/mol. The van der Waals surface area contributed by atoms with Crippen molar-refractivity contribution in [2.24, 2.45) is 23.5 Å². The summed E-state index contributed by atoms with van der Waals surface area (Å²) in [6, 6.07) is -0.0134. The van der Waals surface area contributed by atoms with Crippen LogP contribution in [0.15, 0.2) is 0 Å². The highest BCUT2D eigenvalue weighted by atomic mass is 16.1. The van der Waals surface area contributed by atoms with Crippen molar-refractivity contribution in [1.82, 2.24) is 5.32 Å². The molecule has 0 aromatic rings. The lowest BCUT2D eigenvalue weighted by molar-refractivity contribution is -0.121. The molecule has 1 amide bonds. The monoisotopic (exact) mass is 254 g/mol. The van der Waals surface area contributed by atoms with Crippen LogP contribution < -0.4 is 11.1 Å². The van der Waals surface area contributed by atoms with E-state index in [9.17, 15) is 4.79 Å². The van der Waals surface area contributed by atoms with E-state index in [-0.39, 0.29) is 11.9 Å². The molecule has 106 valence electrons. The summed E-state index contributed by atoms with van der Waals surface area (Å²) in [5.41, 5.74) is 5.89. The van der Waals surface area contributed by atoms with E-state index < -0.39 is 0 Å². The van der Waals surface area contributed by atoms with Gasteiger partial charge < -0.3 is 11.1 Å². The fraction of sp³-hybridized carbons (Fsp3) is 0.933. The maximum Gasteiger partial charge on any atom is 0.221 e. The average Bonchev–Trinajstić information content (AvgIpc) is 2.31. The lowest BCUT2D eigenvalue weighted by atomic mass is 9.81. The van der Waals surface area contributed by atoms with Gasteiger partial charge in [0.2, 0.25) is 5.91 Å². The normalized spacial score (nSPS) is 26.1. The molecular weight excluding hydrogens is 224 g/mol. The summed E-state index contributed by atoms with van der Waals surface area (Å²) >= 11 is 0. The summed E-state index contributed by atoms with van der Waals surface area (Å²) in [7, 11) is 0. The topological polar surface area (TPSA) is 55.1 Å². The molecule has 1 aliphatic carbocycles. The first-order valence-corrected chi connectivity index (χ1v) is 7.51. The van der Waals surface area contributed by atoms with Crippen LogP contribution in [-0.2, 0) is 4.79 Å². The molecule has 0 saturated heterocycles. The zero-order valence-electron chi connectivity index (χ0n) is 12.2. The minimum atomic E-state index is -0.0134. The van der Waals surface area contributed by atoms with Crippen molar-refractivity contribution in [3.8, 4) is 0 Å². The van der Waals surface area contributed by atoms with E-state index in [1.165, 1.54) is 25.7 Å². The van der Waals surface area contributed by atoms with Crippen LogP contribution in [0.4, 0.5) is 0 Å². The molecular formula is C15H30N2O. The van der Waals surface area contributed by atoms with Gasteiger partial charge in [-0.25, -0.2) is 0 Å². The van der Waals surface area contributed by atoms with Crippen LogP contribution in [0.25, 0.3) is 0 Å². The van der Waals surface area contributed by atoms with E-state index in [0.29, 0.717) is 12.3 Å². The quantitative estimate of drug-likeness (QED) is 0.765. The zero-order valence-corrected chi connectivity index (χ0v) is 12.2. The first kappa shape index (κ1) is 15.5. The fourth-order valence-corrected chi connectivity index (χ4v) is 2.56. The molecule has 0 aliphatic heterocycles. The van der Waals surface area contributed by atoms with Gasteiger partial charge in [-0.15, -0.1) is 0 Å². The molecule has 0 bridgehead atoms. The van der Waals surface area contributed by atoms with Crippen LogP contribution in [0.2, 0.25) is 0 Å². The Labute approximate surface area is 112 Å². The number of nitrogens with one attached hydrogen (secondary N) is 1. The Morgan fingerprint density at radius 2 is 1.89 bits per heavy atom. The van der Waals surface area contributed by atoms with Crippen molar-refractivity contribution in [2.45, 2.75) is 65.3 Å². The Morgan fingerprint density at radius 1 is 1.28 bits per heavy atom. The summed E-state index contributed by atoms with van der Waals surface area (Å²) in [6.07, 6.45) is 6.98. The van der Waals surface area contributed by atoms with E-state index in [1.807, 2.05) is 0 Å². The number of hydrogen-bond acceptors (Lipinski definition) is 2. The van der Waals surface area contributed by atoms with Crippen molar-refractivity contribution in [2.75, 3.05) is 6.54 Å². The summed E-state index contributed by atoms with van der Waals surface area (Å²) < 4.78 is 0. The molecule has 0 spiro atoms. The third-order valence-corrected chi connectivity index (χ3v) is 4.29. The van der Waals surface area contributed by atoms with Crippen LogP contribution in [0.3, 0.4) is 0 Å².